The van der Waals surface area contributed by atoms with E-state index in [0.29, 0.717) is 13.2 Å². The summed E-state index contributed by atoms with van der Waals surface area (Å²) in [6.45, 7) is 10.7. The summed E-state index contributed by atoms with van der Waals surface area (Å²) in [5.41, 5.74) is -1.28. The number of rotatable bonds is 11. The highest BCUT2D eigenvalue weighted by atomic mass is 16.6. The molecule has 0 rings (SSSR count). The van der Waals surface area contributed by atoms with Crippen LogP contribution < -0.4 is 0 Å². The maximum absolute atomic E-state index is 12.4. The Morgan fingerprint density at radius 3 is 1.86 bits per heavy atom. The first-order valence-corrected chi connectivity index (χ1v) is 7.89. The Bertz CT molecular complexity index is 294. The Balaban J connectivity index is 5.01. The van der Waals surface area contributed by atoms with E-state index in [9.17, 15) is 9.59 Å². The van der Waals surface area contributed by atoms with Crippen LogP contribution in [0, 0.1) is 11.3 Å². The minimum atomic E-state index is -1.28. The molecular weight excluding hydrogens is 272 g/mol. The molecule has 0 aliphatic rings. The molecule has 5 nitrogen and oxygen atoms in total. The van der Waals surface area contributed by atoms with Crippen molar-refractivity contribution in [1.82, 2.24) is 0 Å². The lowest BCUT2D eigenvalue weighted by Gasteiger charge is -2.32. The van der Waals surface area contributed by atoms with Crippen LogP contribution in [0.2, 0.25) is 0 Å². The van der Waals surface area contributed by atoms with Gasteiger partial charge in [0.05, 0.1) is 13.2 Å². The highest BCUT2D eigenvalue weighted by Crippen LogP contribution is 2.35. The molecule has 0 aliphatic carbocycles. The molecule has 0 N–H and O–H groups in total. The lowest BCUT2D eigenvalue weighted by atomic mass is 9.74. The third-order valence-electron chi connectivity index (χ3n) is 3.55. The average molecular weight is 302 g/mol. The van der Waals surface area contributed by atoms with Gasteiger partial charge >= 0.3 is 11.9 Å². The first-order chi connectivity index (χ1) is 9.97. The van der Waals surface area contributed by atoms with Gasteiger partial charge in [-0.25, -0.2) is 0 Å². The summed E-state index contributed by atoms with van der Waals surface area (Å²) < 4.78 is 15.8. The lowest BCUT2D eigenvalue weighted by Crippen LogP contribution is -2.47. The summed E-state index contributed by atoms with van der Waals surface area (Å²) in [5.74, 6) is -1.25. The van der Waals surface area contributed by atoms with Crippen molar-refractivity contribution in [3.63, 3.8) is 0 Å². The fourth-order valence-corrected chi connectivity index (χ4v) is 2.15. The van der Waals surface area contributed by atoms with E-state index in [2.05, 4.69) is 6.92 Å². The molecule has 0 saturated heterocycles. The van der Waals surface area contributed by atoms with Crippen molar-refractivity contribution in [2.45, 2.75) is 53.9 Å². The number of carbonyl (C=O) groups is 2. The minimum absolute atomic E-state index is 0.217. The summed E-state index contributed by atoms with van der Waals surface area (Å²) in [4.78, 5) is 24.7. The lowest BCUT2D eigenvalue weighted by molar-refractivity contribution is -0.177. The van der Waals surface area contributed by atoms with Crippen molar-refractivity contribution in [3.05, 3.63) is 0 Å². The van der Waals surface area contributed by atoms with E-state index in [1.54, 1.807) is 13.8 Å². The number of unbranched alkanes of at least 4 members (excludes halogenated alkanes) is 1. The number of hydrogen-bond acceptors (Lipinski definition) is 5. The first kappa shape index (κ1) is 19.9. The van der Waals surface area contributed by atoms with Gasteiger partial charge in [0.15, 0.2) is 5.41 Å². The third-order valence-corrected chi connectivity index (χ3v) is 3.55. The Hall–Kier alpha value is -1.10. The zero-order valence-corrected chi connectivity index (χ0v) is 14.1. The highest BCUT2D eigenvalue weighted by molar-refractivity contribution is 6.00. The van der Waals surface area contributed by atoms with Gasteiger partial charge in [-0.2, -0.15) is 0 Å². The van der Waals surface area contributed by atoms with Crippen LogP contribution >= 0.6 is 0 Å². The molecule has 0 aromatic heterocycles. The van der Waals surface area contributed by atoms with Crippen molar-refractivity contribution < 1.29 is 23.8 Å². The number of esters is 2. The quantitative estimate of drug-likeness (QED) is 0.333. The first-order valence-electron chi connectivity index (χ1n) is 7.89. The largest absolute Gasteiger partial charge is 0.465 e. The van der Waals surface area contributed by atoms with Gasteiger partial charge in [0.25, 0.3) is 0 Å². The van der Waals surface area contributed by atoms with Gasteiger partial charge in [-0.3, -0.25) is 9.59 Å². The predicted octanol–water partition coefficient (Wildman–Crippen LogP) is 2.96. The molecule has 0 bridgehead atoms. The molecule has 0 aromatic rings. The van der Waals surface area contributed by atoms with Crippen LogP contribution in [0.25, 0.3) is 0 Å². The molecule has 0 heterocycles. The monoisotopic (exact) mass is 302 g/mol. The normalized spacial score (nSPS) is 11.5. The second-order valence-electron chi connectivity index (χ2n) is 5.28. The predicted molar refractivity (Wildman–Crippen MR) is 80.9 cm³/mol. The van der Waals surface area contributed by atoms with Crippen molar-refractivity contribution in [2.24, 2.45) is 11.3 Å². The summed E-state index contributed by atoms with van der Waals surface area (Å²) in [5, 5.41) is 0. The molecule has 0 radical (unpaired) electrons. The zero-order valence-electron chi connectivity index (χ0n) is 14.1. The maximum atomic E-state index is 12.4. The highest BCUT2D eigenvalue weighted by Gasteiger charge is 2.51. The second-order valence-corrected chi connectivity index (χ2v) is 5.28. The van der Waals surface area contributed by atoms with E-state index < -0.39 is 17.4 Å². The summed E-state index contributed by atoms with van der Waals surface area (Å²) in [6.07, 6.45) is 2.30. The Morgan fingerprint density at radius 1 is 0.952 bits per heavy atom. The van der Waals surface area contributed by atoms with Crippen molar-refractivity contribution in [2.75, 3.05) is 26.4 Å². The molecule has 21 heavy (non-hydrogen) atoms. The standard InChI is InChI=1S/C16H30O5/c1-6-9-11-19-12-10-16(13(4)5,14(17)20-7-2)15(18)21-8-3/h13H,6-12H2,1-5H3. The van der Waals surface area contributed by atoms with Gasteiger partial charge in [-0.1, -0.05) is 27.2 Å². The topological polar surface area (TPSA) is 61.8 Å². The van der Waals surface area contributed by atoms with Gasteiger partial charge in [-0.05, 0) is 32.6 Å². The molecule has 5 heteroatoms. The number of hydrogen-bond donors (Lipinski definition) is 0. The van der Waals surface area contributed by atoms with Crippen LogP contribution in [0.3, 0.4) is 0 Å². The van der Waals surface area contributed by atoms with E-state index in [1.165, 1.54) is 0 Å². The molecule has 0 spiro atoms. The Labute approximate surface area is 128 Å². The molecule has 0 unspecified atom stereocenters. The van der Waals surface area contributed by atoms with E-state index in [4.69, 9.17) is 14.2 Å². The second kappa shape index (κ2) is 10.6. The van der Waals surface area contributed by atoms with Gasteiger partial charge in [0.2, 0.25) is 0 Å². The van der Waals surface area contributed by atoms with Crippen LogP contribution in [0.4, 0.5) is 0 Å². The summed E-state index contributed by atoms with van der Waals surface area (Å²) in [6, 6.07) is 0. The summed E-state index contributed by atoms with van der Waals surface area (Å²) in [7, 11) is 0. The molecule has 0 fully saturated rings. The van der Waals surface area contributed by atoms with Crippen LogP contribution in [-0.2, 0) is 23.8 Å². The number of carbonyl (C=O) groups excluding carboxylic acids is 2. The van der Waals surface area contributed by atoms with E-state index in [-0.39, 0.29) is 25.6 Å². The van der Waals surface area contributed by atoms with Crippen LogP contribution in [-0.4, -0.2) is 38.4 Å². The van der Waals surface area contributed by atoms with Crippen molar-refractivity contribution in [3.8, 4) is 0 Å². The summed E-state index contributed by atoms with van der Waals surface area (Å²) >= 11 is 0. The van der Waals surface area contributed by atoms with Crippen LogP contribution in [0.1, 0.15) is 53.9 Å². The molecule has 124 valence electrons. The molecule has 0 saturated carbocycles. The van der Waals surface area contributed by atoms with Gasteiger partial charge in [0.1, 0.15) is 0 Å². The molecule has 0 aliphatic heterocycles. The smallest absolute Gasteiger partial charge is 0.323 e. The Kier molecular flexibility index (Phi) is 10.0. The van der Waals surface area contributed by atoms with Gasteiger partial charge in [-0.15, -0.1) is 0 Å². The zero-order chi connectivity index (χ0) is 16.3. The molecule has 0 atom stereocenters. The van der Waals surface area contributed by atoms with Crippen LogP contribution in [0.15, 0.2) is 0 Å². The van der Waals surface area contributed by atoms with E-state index >= 15 is 0 Å². The Morgan fingerprint density at radius 2 is 1.48 bits per heavy atom. The average Bonchev–Trinajstić information content (AvgIpc) is 2.43. The van der Waals surface area contributed by atoms with Crippen molar-refractivity contribution in [1.29, 1.82) is 0 Å². The van der Waals surface area contributed by atoms with Gasteiger partial charge in [0, 0.05) is 13.2 Å². The van der Waals surface area contributed by atoms with E-state index in [0.717, 1.165) is 12.8 Å². The SMILES string of the molecule is CCCCOCCC(C(=O)OCC)(C(=O)OCC)C(C)C. The van der Waals surface area contributed by atoms with Crippen LogP contribution in [0.5, 0.6) is 0 Å². The van der Waals surface area contributed by atoms with Crippen molar-refractivity contribution >= 4 is 11.9 Å². The minimum Gasteiger partial charge on any atom is -0.465 e. The molecule has 0 aromatic carbocycles. The van der Waals surface area contributed by atoms with Gasteiger partial charge < -0.3 is 14.2 Å². The number of ether oxygens (including phenoxy) is 3. The molecular formula is C16H30O5. The van der Waals surface area contributed by atoms with E-state index in [1.807, 2.05) is 13.8 Å². The maximum Gasteiger partial charge on any atom is 0.323 e. The third kappa shape index (κ3) is 5.65. The molecule has 0 amide bonds. The fourth-order valence-electron chi connectivity index (χ4n) is 2.15. The fraction of sp³-hybridized carbons (Fsp3) is 0.875.